The Morgan fingerprint density at radius 3 is 2.71 bits per heavy atom. The van der Waals surface area contributed by atoms with E-state index in [9.17, 15) is 14.4 Å². The lowest BCUT2D eigenvalue weighted by Crippen LogP contribution is -2.61. The van der Waals surface area contributed by atoms with E-state index >= 15 is 0 Å². The van der Waals surface area contributed by atoms with E-state index in [0.29, 0.717) is 47.9 Å². The van der Waals surface area contributed by atoms with Gasteiger partial charge in [0.05, 0.1) is 15.8 Å². The van der Waals surface area contributed by atoms with Crippen molar-refractivity contribution in [1.29, 1.82) is 0 Å². The van der Waals surface area contributed by atoms with Crippen molar-refractivity contribution in [1.82, 2.24) is 15.2 Å². The number of hydrogen-bond donors (Lipinski definition) is 2. The summed E-state index contributed by atoms with van der Waals surface area (Å²) in [5, 5.41) is 6.10. The molecule has 31 heavy (non-hydrogen) atoms. The quantitative estimate of drug-likeness (QED) is 0.643. The molecule has 0 unspecified atom stereocenters. The number of anilines is 1. The molecule has 5 rings (SSSR count). The fourth-order valence-corrected chi connectivity index (χ4v) is 4.92. The fourth-order valence-electron chi connectivity index (χ4n) is 3.98. The van der Waals surface area contributed by atoms with Crippen molar-refractivity contribution in [2.75, 3.05) is 18.4 Å². The number of carbonyl (C=O) groups excluding carboxylic acids is 3. The third kappa shape index (κ3) is 3.61. The first-order chi connectivity index (χ1) is 14.9. The predicted octanol–water partition coefficient (Wildman–Crippen LogP) is 3.01. The second-order valence-corrected chi connectivity index (χ2v) is 8.75. The lowest BCUT2D eigenvalue weighted by Gasteiger charge is -2.44. The summed E-state index contributed by atoms with van der Waals surface area (Å²) in [6.07, 6.45) is 0.949. The molecule has 9 heteroatoms. The van der Waals surface area contributed by atoms with Crippen LogP contribution in [0.4, 0.5) is 5.69 Å². The molecule has 0 atom stereocenters. The van der Waals surface area contributed by atoms with Crippen molar-refractivity contribution in [3.05, 3.63) is 53.0 Å². The van der Waals surface area contributed by atoms with Gasteiger partial charge < -0.3 is 20.3 Å². The Balaban J connectivity index is 1.30. The maximum Gasteiger partial charge on any atom is 0.282 e. The average Bonchev–Trinajstić information content (AvgIpc) is 3.18. The van der Waals surface area contributed by atoms with Crippen LogP contribution in [0.2, 0.25) is 0 Å². The third-order valence-electron chi connectivity index (χ3n) is 5.53. The number of para-hydroxylation sites is 1. The van der Waals surface area contributed by atoms with Crippen LogP contribution in [0.25, 0.3) is 10.2 Å². The van der Waals surface area contributed by atoms with Crippen LogP contribution < -0.4 is 15.4 Å². The van der Waals surface area contributed by atoms with Gasteiger partial charge in [-0.25, -0.2) is 4.98 Å². The van der Waals surface area contributed by atoms with Crippen LogP contribution in [0, 0.1) is 0 Å². The Morgan fingerprint density at radius 1 is 1.19 bits per heavy atom. The number of carbonyl (C=O) groups is 3. The lowest BCUT2D eigenvalue weighted by molar-refractivity contribution is -0.114. The summed E-state index contributed by atoms with van der Waals surface area (Å²) in [6.45, 7) is 2.32. The zero-order valence-electron chi connectivity index (χ0n) is 16.8. The van der Waals surface area contributed by atoms with Crippen molar-refractivity contribution in [3.63, 3.8) is 0 Å². The van der Waals surface area contributed by atoms with E-state index in [2.05, 4.69) is 15.6 Å². The maximum absolute atomic E-state index is 12.9. The van der Waals surface area contributed by atoms with Crippen LogP contribution in [0.15, 0.2) is 42.5 Å². The van der Waals surface area contributed by atoms with Gasteiger partial charge in [0, 0.05) is 38.5 Å². The number of piperidine rings is 1. The summed E-state index contributed by atoms with van der Waals surface area (Å²) in [4.78, 5) is 43.2. The Labute approximate surface area is 182 Å². The number of benzene rings is 2. The highest BCUT2D eigenvalue weighted by Gasteiger charge is 2.43. The summed E-state index contributed by atoms with van der Waals surface area (Å²) in [7, 11) is 0. The summed E-state index contributed by atoms with van der Waals surface area (Å²) in [5.74, 6) is -0.0829. The number of ether oxygens (including phenoxy) is 1. The zero-order valence-corrected chi connectivity index (χ0v) is 17.6. The Morgan fingerprint density at radius 2 is 1.97 bits per heavy atom. The van der Waals surface area contributed by atoms with E-state index in [1.54, 1.807) is 23.1 Å². The largest absolute Gasteiger partial charge is 0.467 e. The number of nitrogens with zero attached hydrogens (tertiary/aromatic N) is 2. The van der Waals surface area contributed by atoms with E-state index in [0.717, 1.165) is 10.2 Å². The summed E-state index contributed by atoms with van der Waals surface area (Å²) >= 11 is 1.39. The molecule has 1 saturated heterocycles. The van der Waals surface area contributed by atoms with Gasteiger partial charge in [-0.2, -0.15) is 0 Å². The molecule has 0 saturated carbocycles. The smallest absolute Gasteiger partial charge is 0.282 e. The average molecular weight is 436 g/mol. The molecule has 0 radical (unpaired) electrons. The number of nitrogens with one attached hydrogen (secondary N) is 2. The van der Waals surface area contributed by atoms with Crippen LogP contribution in [-0.2, 0) is 4.79 Å². The molecule has 3 heterocycles. The van der Waals surface area contributed by atoms with Gasteiger partial charge in [0.1, 0.15) is 5.75 Å². The monoisotopic (exact) mass is 436 g/mol. The molecule has 0 bridgehead atoms. The van der Waals surface area contributed by atoms with Crippen molar-refractivity contribution < 1.29 is 19.1 Å². The summed E-state index contributed by atoms with van der Waals surface area (Å²) in [6, 6.07) is 12.7. The molecule has 2 aliphatic heterocycles. The first kappa shape index (κ1) is 19.5. The minimum Gasteiger partial charge on any atom is -0.467 e. The number of fused-ring (bicyclic) bond motifs is 2. The highest BCUT2D eigenvalue weighted by atomic mass is 32.1. The number of likely N-dealkylation sites (tertiary alicyclic amines) is 1. The second-order valence-electron chi connectivity index (χ2n) is 7.72. The molecule has 1 fully saturated rings. The molecule has 2 aliphatic rings. The molecule has 8 nitrogen and oxygen atoms in total. The minimum absolute atomic E-state index is 0.0986. The first-order valence-corrected chi connectivity index (χ1v) is 10.8. The van der Waals surface area contributed by atoms with E-state index in [-0.39, 0.29) is 17.7 Å². The normalized spacial score (nSPS) is 17.1. The number of amides is 3. The van der Waals surface area contributed by atoms with E-state index in [1.807, 2.05) is 24.3 Å². The lowest BCUT2D eigenvalue weighted by atomic mass is 9.96. The van der Waals surface area contributed by atoms with Crippen LogP contribution in [0.3, 0.4) is 0 Å². The molecule has 0 aliphatic carbocycles. The second kappa shape index (κ2) is 7.35. The van der Waals surface area contributed by atoms with Gasteiger partial charge in [0.15, 0.2) is 10.7 Å². The van der Waals surface area contributed by atoms with Gasteiger partial charge in [-0.05, 0) is 30.3 Å². The van der Waals surface area contributed by atoms with Gasteiger partial charge in [0.2, 0.25) is 5.91 Å². The molecule has 158 valence electrons. The van der Waals surface area contributed by atoms with E-state index in [4.69, 9.17) is 4.74 Å². The number of hydrogen-bond acceptors (Lipinski definition) is 6. The van der Waals surface area contributed by atoms with Gasteiger partial charge >= 0.3 is 0 Å². The minimum atomic E-state index is -0.843. The Kier molecular flexibility index (Phi) is 4.62. The standard InChI is InChI=1S/C22H20N4O4S/c1-13(27)23-14-6-7-17-15(12-14)19(28)25-22(30-17)8-10-26(11-9-22)21(29)20-24-16-4-2-3-5-18(16)31-20/h2-7,12H,8-11H2,1H3,(H,23,27)(H,25,28). The number of rotatable bonds is 2. The Hall–Kier alpha value is -3.46. The van der Waals surface area contributed by atoms with Gasteiger partial charge in [-0.15, -0.1) is 11.3 Å². The van der Waals surface area contributed by atoms with Gasteiger partial charge in [-0.3, -0.25) is 14.4 Å². The van der Waals surface area contributed by atoms with Gasteiger partial charge in [0.25, 0.3) is 11.8 Å². The summed E-state index contributed by atoms with van der Waals surface area (Å²) < 4.78 is 7.16. The maximum atomic E-state index is 12.9. The van der Waals surface area contributed by atoms with Crippen molar-refractivity contribution in [3.8, 4) is 5.75 Å². The predicted molar refractivity (Wildman–Crippen MR) is 116 cm³/mol. The molecular weight excluding hydrogens is 416 g/mol. The zero-order chi connectivity index (χ0) is 21.6. The van der Waals surface area contributed by atoms with Crippen molar-refractivity contribution >= 4 is 45.0 Å². The SMILES string of the molecule is CC(=O)Nc1ccc2c(c1)C(=O)NC1(CCN(C(=O)c3nc4ccccc4s3)CC1)O2. The molecule has 3 amide bonds. The van der Waals surface area contributed by atoms with E-state index in [1.165, 1.54) is 18.3 Å². The summed E-state index contributed by atoms with van der Waals surface area (Å²) in [5.41, 5.74) is 0.897. The topological polar surface area (TPSA) is 101 Å². The molecule has 2 aromatic carbocycles. The van der Waals surface area contributed by atoms with Crippen LogP contribution >= 0.6 is 11.3 Å². The fraction of sp³-hybridized carbons (Fsp3) is 0.273. The molecule has 2 N–H and O–H groups in total. The molecule has 1 spiro atoms. The van der Waals surface area contributed by atoms with Crippen molar-refractivity contribution in [2.24, 2.45) is 0 Å². The molecule has 3 aromatic rings. The highest BCUT2D eigenvalue weighted by molar-refractivity contribution is 7.20. The third-order valence-corrected chi connectivity index (χ3v) is 6.55. The number of aromatic nitrogens is 1. The molecule has 1 aromatic heterocycles. The van der Waals surface area contributed by atoms with E-state index < -0.39 is 5.72 Å². The first-order valence-electron chi connectivity index (χ1n) is 10.0. The molecular formula is C22H20N4O4S. The number of thiazole rings is 1. The Bertz CT molecular complexity index is 1180. The van der Waals surface area contributed by atoms with Crippen LogP contribution in [0.1, 0.15) is 39.9 Å². The van der Waals surface area contributed by atoms with Crippen LogP contribution in [0.5, 0.6) is 5.75 Å². The van der Waals surface area contributed by atoms with Gasteiger partial charge in [-0.1, -0.05) is 12.1 Å². The van der Waals surface area contributed by atoms with Crippen LogP contribution in [-0.4, -0.2) is 46.4 Å². The van der Waals surface area contributed by atoms with Crippen molar-refractivity contribution in [2.45, 2.75) is 25.5 Å². The highest BCUT2D eigenvalue weighted by Crippen LogP contribution is 2.35.